The molecule has 2 heterocycles. The van der Waals surface area contributed by atoms with Crippen LogP contribution in [0.25, 0.3) is 27.6 Å². The minimum Gasteiger partial charge on any atom is -0.395 e. The zero-order valence-corrected chi connectivity index (χ0v) is 15.8. The standard InChI is InChI=1S/C22H21N3O3/c1-14(2)20-23-21-18(22(28)25(20)15-8-4-3-5-9-15)19(27)16-10-6-7-11-17(16)24(21)12-13-26/h3-11,14,26H,12-13H2,1-2H3. The summed E-state index contributed by atoms with van der Waals surface area (Å²) in [5.41, 5.74) is 0.929. The molecular weight excluding hydrogens is 354 g/mol. The van der Waals surface area contributed by atoms with Crippen LogP contribution in [0, 0.1) is 0 Å². The highest BCUT2D eigenvalue weighted by Crippen LogP contribution is 2.21. The Hall–Kier alpha value is -3.25. The first kappa shape index (κ1) is 18.1. The molecule has 0 amide bonds. The van der Waals surface area contributed by atoms with Crippen molar-refractivity contribution in [2.75, 3.05) is 6.61 Å². The molecule has 142 valence electrons. The first-order chi connectivity index (χ1) is 13.5. The van der Waals surface area contributed by atoms with Crippen LogP contribution in [0.3, 0.4) is 0 Å². The highest BCUT2D eigenvalue weighted by Gasteiger charge is 2.21. The number of para-hydroxylation sites is 2. The average Bonchev–Trinajstić information content (AvgIpc) is 2.71. The van der Waals surface area contributed by atoms with E-state index in [1.54, 1.807) is 16.7 Å². The molecule has 0 aliphatic carbocycles. The van der Waals surface area contributed by atoms with Crippen LogP contribution in [0.1, 0.15) is 25.6 Å². The fourth-order valence-electron chi connectivity index (χ4n) is 3.61. The van der Waals surface area contributed by atoms with E-state index in [0.717, 1.165) is 0 Å². The fraction of sp³-hybridized carbons (Fsp3) is 0.227. The molecule has 4 aromatic rings. The van der Waals surface area contributed by atoms with Gasteiger partial charge in [-0.2, -0.15) is 0 Å². The van der Waals surface area contributed by atoms with Gasteiger partial charge in [0.15, 0.2) is 5.65 Å². The Balaban J connectivity index is 2.26. The molecule has 0 spiro atoms. The predicted octanol–water partition coefficient (Wildman–Crippen LogP) is 2.82. The number of nitrogens with zero attached hydrogens (tertiary/aromatic N) is 3. The molecule has 1 N–H and O–H groups in total. The first-order valence-electron chi connectivity index (χ1n) is 9.29. The van der Waals surface area contributed by atoms with Gasteiger partial charge in [-0.05, 0) is 24.3 Å². The predicted molar refractivity (Wildman–Crippen MR) is 110 cm³/mol. The SMILES string of the molecule is CC(C)c1nc2c(c(=O)c3ccccc3n2CCO)c(=O)n1-c1ccccc1. The van der Waals surface area contributed by atoms with Crippen molar-refractivity contribution < 1.29 is 5.11 Å². The van der Waals surface area contributed by atoms with Crippen molar-refractivity contribution in [3.8, 4) is 5.69 Å². The molecule has 0 aliphatic rings. The molecule has 0 atom stereocenters. The molecule has 6 nitrogen and oxygen atoms in total. The van der Waals surface area contributed by atoms with Gasteiger partial charge in [0, 0.05) is 17.8 Å². The zero-order valence-electron chi connectivity index (χ0n) is 15.8. The molecular formula is C22H21N3O3. The molecule has 2 aromatic carbocycles. The summed E-state index contributed by atoms with van der Waals surface area (Å²) >= 11 is 0. The van der Waals surface area contributed by atoms with E-state index in [1.165, 1.54) is 4.57 Å². The van der Waals surface area contributed by atoms with E-state index in [9.17, 15) is 14.7 Å². The highest BCUT2D eigenvalue weighted by atomic mass is 16.3. The van der Waals surface area contributed by atoms with Crippen LogP contribution in [0.5, 0.6) is 0 Å². The van der Waals surface area contributed by atoms with Crippen LogP contribution in [0.2, 0.25) is 0 Å². The number of pyridine rings is 1. The number of aromatic nitrogens is 3. The van der Waals surface area contributed by atoms with Gasteiger partial charge in [0.2, 0.25) is 5.43 Å². The minimum atomic E-state index is -0.387. The lowest BCUT2D eigenvalue weighted by Crippen LogP contribution is -2.30. The van der Waals surface area contributed by atoms with Crippen LogP contribution in [-0.4, -0.2) is 25.8 Å². The lowest BCUT2D eigenvalue weighted by molar-refractivity contribution is 0.279. The van der Waals surface area contributed by atoms with Crippen molar-refractivity contribution in [3.63, 3.8) is 0 Å². The first-order valence-corrected chi connectivity index (χ1v) is 9.29. The van der Waals surface area contributed by atoms with Crippen molar-refractivity contribution in [2.24, 2.45) is 0 Å². The third-order valence-electron chi connectivity index (χ3n) is 4.87. The quantitative estimate of drug-likeness (QED) is 0.557. The maximum absolute atomic E-state index is 13.5. The summed E-state index contributed by atoms with van der Waals surface area (Å²) in [5, 5.41) is 10.1. The Morgan fingerprint density at radius 3 is 2.36 bits per heavy atom. The van der Waals surface area contributed by atoms with Crippen molar-refractivity contribution >= 4 is 21.9 Å². The van der Waals surface area contributed by atoms with E-state index in [2.05, 4.69) is 0 Å². The number of benzene rings is 2. The lowest BCUT2D eigenvalue weighted by Gasteiger charge is -2.19. The maximum Gasteiger partial charge on any atom is 0.271 e. The highest BCUT2D eigenvalue weighted by molar-refractivity contribution is 5.91. The summed E-state index contributed by atoms with van der Waals surface area (Å²) in [6, 6.07) is 16.3. The van der Waals surface area contributed by atoms with Crippen LogP contribution in [-0.2, 0) is 6.54 Å². The fourth-order valence-corrected chi connectivity index (χ4v) is 3.61. The second kappa shape index (κ2) is 7.05. The number of aliphatic hydroxyl groups is 1. The number of fused-ring (bicyclic) bond motifs is 2. The maximum atomic E-state index is 13.5. The molecule has 0 fully saturated rings. The van der Waals surface area contributed by atoms with Gasteiger partial charge in [-0.25, -0.2) is 4.98 Å². The van der Waals surface area contributed by atoms with Gasteiger partial charge >= 0.3 is 0 Å². The Bertz CT molecular complexity index is 1290. The van der Waals surface area contributed by atoms with E-state index < -0.39 is 0 Å². The molecule has 0 radical (unpaired) electrons. The summed E-state index contributed by atoms with van der Waals surface area (Å²) in [7, 11) is 0. The monoisotopic (exact) mass is 375 g/mol. The third-order valence-corrected chi connectivity index (χ3v) is 4.87. The van der Waals surface area contributed by atoms with Gasteiger partial charge in [0.1, 0.15) is 11.2 Å². The Kier molecular flexibility index (Phi) is 4.57. The molecule has 0 saturated heterocycles. The van der Waals surface area contributed by atoms with Crippen molar-refractivity contribution in [1.29, 1.82) is 0 Å². The van der Waals surface area contributed by atoms with Gasteiger partial charge in [-0.15, -0.1) is 0 Å². The van der Waals surface area contributed by atoms with Gasteiger partial charge in [-0.3, -0.25) is 14.2 Å². The Morgan fingerprint density at radius 2 is 1.68 bits per heavy atom. The number of hydrogen-bond acceptors (Lipinski definition) is 4. The van der Waals surface area contributed by atoms with Gasteiger partial charge in [0.05, 0.1) is 17.8 Å². The Labute approximate surface area is 161 Å². The smallest absolute Gasteiger partial charge is 0.271 e. The van der Waals surface area contributed by atoms with Crippen LogP contribution < -0.4 is 11.0 Å². The van der Waals surface area contributed by atoms with Crippen molar-refractivity contribution in [3.05, 3.63) is 81.0 Å². The van der Waals surface area contributed by atoms with Crippen LogP contribution >= 0.6 is 0 Å². The Morgan fingerprint density at radius 1 is 1.00 bits per heavy atom. The molecule has 0 bridgehead atoms. The van der Waals surface area contributed by atoms with E-state index in [4.69, 9.17) is 4.98 Å². The number of hydrogen-bond donors (Lipinski definition) is 1. The molecule has 0 saturated carbocycles. The molecule has 0 aliphatic heterocycles. The van der Waals surface area contributed by atoms with Gasteiger partial charge in [0.25, 0.3) is 5.56 Å². The largest absolute Gasteiger partial charge is 0.395 e. The van der Waals surface area contributed by atoms with Crippen molar-refractivity contribution in [1.82, 2.24) is 14.1 Å². The molecule has 0 unspecified atom stereocenters. The normalized spacial score (nSPS) is 11.6. The second-order valence-corrected chi connectivity index (χ2v) is 7.02. The topological polar surface area (TPSA) is 77.1 Å². The summed E-state index contributed by atoms with van der Waals surface area (Å²) in [4.78, 5) is 31.5. The minimum absolute atomic E-state index is 0.0403. The van der Waals surface area contributed by atoms with E-state index in [0.29, 0.717) is 28.1 Å². The van der Waals surface area contributed by atoms with Crippen molar-refractivity contribution in [2.45, 2.75) is 26.3 Å². The van der Waals surface area contributed by atoms with Crippen LogP contribution in [0.15, 0.2) is 64.2 Å². The number of aliphatic hydroxyl groups excluding tert-OH is 1. The van der Waals surface area contributed by atoms with Gasteiger partial charge in [-0.1, -0.05) is 44.2 Å². The van der Waals surface area contributed by atoms with Gasteiger partial charge < -0.3 is 9.67 Å². The molecule has 4 rings (SSSR count). The molecule has 6 heteroatoms. The van der Waals surface area contributed by atoms with E-state index in [-0.39, 0.29) is 35.4 Å². The third kappa shape index (κ3) is 2.73. The molecule has 28 heavy (non-hydrogen) atoms. The zero-order chi connectivity index (χ0) is 19.8. The summed E-state index contributed by atoms with van der Waals surface area (Å²) < 4.78 is 3.28. The molecule has 2 aromatic heterocycles. The van der Waals surface area contributed by atoms with Crippen LogP contribution in [0.4, 0.5) is 0 Å². The van der Waals surface area contributed by atoms with E-state index in [1.807, 2.05) is 56.3 Å². The van der Waals surface area contributed by atoms with E-state index >= 15 is 0 Å². The summed E-state index contributed by atoms with van der Waals surface area (Å²) in [6.45, 7) is 4.05. The lowest BCUT2D eigenvalue weighted by atomic mass is 10.1. The second-order valence-electron chi connectivity index (χ2n) is 7.02. The summed E-state index contributed by atoms with van der Waals surface area (Å²) in [6.07, 6.45) is 0. The average molecular weight is 375 g/mol. The summed E-state index contributed by atoms with van der Waals surface area (Å²) in [5.74, 6) is 0.534. The number of rotatable bonds is 4.